The summed E-state index contributed by atoms with van der Waals surface area (Å²) in [7, 11) is -2.01. The van der Waals surface area contributed by atoms with E-state index in [1.165, 1.54) is 15.2 Å². The SMILES string of the molecule is CC1CN(S(=O)(=O)c2ncn(C)c2Cl)C(C)CO1. The molecule has 18 heavy (non-hydrogen) atoms. The van der Waals surface area contributed by atoms with Crippen LogP contribution in [0.1, 0.15) is 13.8 Å². The van der Waals surface area contributed by atoms with Crippen molar-refractivity contribution in [3.8, 4) is 0 Å². The summed E-state index contributed by atoms with van der Waals surface area (Å²) in [5.74, 6) is 0. The van der Waals surface area contributed by atoms with Crippen LogP contribution in [0.5, 0.6) is 0 Å². The Balaban J connectivity index is 2.39. The summed E-state index contributed by atoms with van der Waals surface area (Å²) in [5.41, 5.74) is 0. The molecule has 1 fully saturated rings. The first-order valence-electron chi connectivity index (χ1n) is 5.64. The lowest BCUT2D eigenvalue weighted by atomic mass is 10.2. The fourth-order valence-electron chi connectivity index (χ4n) is 1.89. The number of imidazole rings is 1. The molecule has 0 radical (unpaired) electrons. The van der Waals surface area contributed by atoms with E-state index in [9.17, 15) is 8.42 Å². The van der Waals surface area contributed by atoms with Crippen molar-refractivity contribution in [3.63, 3.8) is 0 Å². The van der Waals surface area contributed by atoms with E-state index in [-0.39, 0.29) is 22.3 Å². The summed E-state index contributed by atoms with van der Waals surface area (Å²) < 4.78 is 33.3. The molecule has 0 N–H and O–H groups in total. The van der Waals surface area contributed by atoms with Gasteiger partial charge in [-0.15, -0.1) is 0 Å². The minimum atomic E-state index is -3.66. The Kier molecular flexibility index (Phi) is 3.68. The molecule has 2 unspecified atom stereocenters. The summed E-state index contributed by atoms with van der Waals surface area (Å²) in [6, 6.07) is -0.218. The number of morpholine rings is 1. The summed E-state index contributed by atoms with van der Waals surface area (Å²) in [5, 5.41) is 0.0361. The van der Waals surface area contributed by atoms with Crippen LogP contribution in [0, 0.1) is 0 Å². The molecular formula is C10H16ClN3O3S. The van der Waals surface area contributed by atoms with E-state index < -0.39 is 10.0 Å². The molecule has 1 aliphatic heterocycles. The Morgan fingerprint density at radius 3 is 2.72 bits per heavy atom. The first kappa shape index (κ1) is 13.8. The zero-order chi connectivity index (χ0) is 13.5. The molecule has 0 aromatic carbocycles. The summed E-state index contributed by atoms with van der Waals surface area (Å²) in [6.07, 6.45) is 1.27. The molecule has 8 heteroatoms. The molecule has 2 heterocycles. The normalized spacial score (nSPS) is 26.4. The Hall–Kier alpha value is -0.630. The molecular weight excluding hydrogens is 278 g/mol. The zero-order valence-electron chi connectivity index (χ0n) is 10.5. The number of aromatic nitrogens is 2. The van der Waals surface area contributed by atoms with Gasteiger partial charge in [0.2, 0.25) is 5.03 Å². The molecule has 1 saturated heterocycles. The first-order valence-corrected chi connectivity index (χ1v) is 7.46. The number of rotatable bonds is 2. The lowest BCUT2D eigenvalue weighted by molar-refractivity contribution is -0.0171. The van der Waals surface area contributed by atoms with Crippen molar-refractivity contribution in [2.45, 2.75) is 31.0 Å². The lowest BCUT2D eigenvalue weighted by Gasteiger charge is -2.35. The van der Waals surface area contributed by atoms with Gasteiger partial charge in [0.25, 0.3) is 10.0 Å². The average Bonchev–Trinajstić information content (AvgIpc) is 2.63. The van der Waals surface area contributed by atoms with Gasteiger partial charge in [-0.2, -0.15) is 4.31 Å². The number of sulfonamides is 1. The number of nitrogens with zero attached hydrogens (tertiary/aromatic N) is 3. The zero-order valence-corrected chi connectivity index (χ0v) is 12.1. The number of aryl methyl sites for hydroxylation is 1. The standard InChI is InChI=1S/C10H16ClN3O3S/c1-7-5-17-8(2)4-14(7)18(15,16)10-9(11)13(3)6-12-10/h6-8H,4-5H2,1-3H3. The van der Waals surface area contributed by atoms with Gasteiger partial charge in [-0.25, -0.2) is 13.4 Å². The maximum Gasteiger partial charge on any atom is 0.264 e. The number of ether oxygens (including phenoxy) is 1. The molecule has 6 nitrogen and oxygen atoms in total. The van der Waals surface area contributed by atoms with E-state index >= 15 is 0 Å². The van der Waals surface area contributed by atoms with Gasteiger partial charge in [0.15, 0.2) is 0 Å². The third kappa shape index (κ3) is 2.27. The van der Waals surface area contributed by atoms with Crippen LogP contribution in [0.3, 0.4) is 0 Å². The van der Waals surface area contributed by atoms with E-state index in [2.05, 4.69) is 4.98 Å². The molecule has 102 valence electrons. The van der Waals surface area contributed by atoms with Crippen molar-refractivity contribution < 1.29 is 13.2 Å². The highest BCUT2D eigenvalue weighted by Gasteiger charge is 2.37. The molecule has 0 saturated carbocycles. The minimum absolute atomic E-state index is 0.0902. The van der Waals surface area contributed by atoms with Crippen LogP contribution in [-0.2, 0) is 21.8 Å². The maximum absolute atomic E-state index is 12.5. The maximum atomic E-state index is 12.5. The Morgan fingerprint density at radius 2 is 2.17 bits per heavy atom. The van der Waals surface area contributed by atoms with Crippen LogP contribution in [0.2, 0.25) is 5.15 Å². The second kappa shape index (κ2) is 4.80. The molecule has 2 atom stereocenters. The van der Waals surface area contributed by atoms with Gasteiger partial charge in [-0.05, 0) is 13.8 Å². The number of halogens is 1. The Bertz CT molecular complexity index is 543. The lowest BCUT2D eigenvalue weighted by Crippen LogP contribution is -2.50. The van der Waals surface area contributed by atoms with Crippen LogP contribution >= 0.6 is 11.6 Å². The van der Waals surface area contributed by atoms with Crippen molar-refractivity contribution >= 4 is 21.6 Å². The number of hydrogen-bond acceptors (Lipinski definition) is 4. The van der Waals surface area contributed by atoms with Crippen molar-refractivity contribution in [2.75, 3.05) is 13.2 Å². The molecule has 1 aromatic rings. The van der Waals surface area contributed by atoms with Crippen molar-refractivity contribution in [2.24, 2.45) is 7.05 Å². The van der Waals surface area contributed by atoms with E-state index in [1.54, 1.807) is 14.0 Å². The van der Waals surface area contributed by atoms with Gasteiger partial charge in [0.05, 0.1) is 19.0 Å². The second-order valence-electron chi connectivity index (χ2n) is 4.52. The van der Waals surface area contributed by atoms with Crippen LogP contribution in [0.25, 0.3) is 0 Å². The molecule has 0 spiro atoms. The van der Waals surface area contributed by atoms with Gasteiger partial charge >= 0.3 is 0 Å². The third-order valence-corrected chi connectivity index (χ3v) is 5.41. The first-order chi connectivity index (χ1) is 8.34. The topological polar surface area (TPSA) is 64.4 Å². The average molecular weight is 294 g/mol. The Labute approximate surface area is 112 Å². The van der Waals surface area contributed by atoms with Crippen LogP contribution in [0.15, 0.2) is 11.4 Å². The second-order valence-corrected chi connectivity index (χ2v) is 6.68. The molecule has 0 bridgehead atoms. The fraction of sp³-hybridized carbons (Fsp3) is 0.700. The smallest absolute Gasteiger partial charge is 0.264 e. The molecule has 1 aliphatic rings. The van der Waals surface area contributed by atoms with Gasteiger partial charge < -0.3 is 9.30 Å². The highest BCUT2D eigenvalue weighted by Crippen LogP contribution is 2.26. The van der Waals surface area contributed by atoms with Gasteiger partial charge in [0.1, 0.15) is 5.15 Å². The van der Waals surface area contributed by atoms with E-state index in [4.69, 9.17) is 16.3 Å². The predicted octanol–water partition coefficient (Wildman–Crippen LogP) is 0.871. The van der Waals surface area contributed by atoms with E-state index in [0.29, 0.717) is 13.2 Å². The van der Waals surface area contributed by atoms with Gasteiger partial charge in [-0.3, -0.25) is 0 Å². The fourth-order valence-corrected chi connectivity index (χ4v) is 3.97. The summed E-state index contributed by atoms with van der Waals surface area (Å²) in [6.45, 7) is 4.34. The molecule has 2 rings (SSSR count). The van der Waals surface area contributed by atoms with Crippen molar-refractivity contribution in [1.82, 2.24) is 13.9 Å². The van der Waals surface area contributed by atoms with Crippen LogP contribution < -0.4 is 0 Å². The monoisotopic (exact) mass is 293 g/mol. The van der Waals surface area contributed by atoms with E-state index in [0.717, 1.165) is 0 Å². The minimum Gasteiger partial charge on any atom is -0.375 e. The van der Waals surface area contributed by atoms with E-state index in [1.807, 2.05) is 6.92 Å². The molecule has 1 aromatic heterocycles. The number of hydrogen-bond donors (Lipinski definition) is 0. The van der Waals surface area contributed by atoms with Crippen LogP contribution in [0.4, 0.5) is 0 Å². The summed E-state index contributed by atoms with van der Waals surface area (Å²) >= 11 is 5.96. The van der Waals surface area contributed by atoms with Crippen LogP contribution in [-0.4, -0.2) is 47.6 Å². The largest absolute Gasteiger partial charge is 0.375 e. The molecule has 0 aliphatic carbocycles. The molecule has 0 amide bonds. The van der Waals surface area contributed by atoms with Gasteiger partial charge in [-0.1, -0.05) is 11.6 Å². The quantitative estimate of drug-likeness (QED) is 0.812. The third-order valence-electron chi connectivity index (χ3n) is 2.94. The Morgan fingerprint density at radius 1 is 1.50 bits per heavy atom. The van der Waals surface area contributed by atoms with Crippen molar-refractivity contribution in [1.29, 1.82) is 0 Å². The summed E-state index contributed by atoms with van der Waals surface area (Å²) in [4.78, 5) is 3.88. The van der Waals surface area contributed by atoms with Gasteiger partial charge in [0, 0.05) is 19.6 Å². The highest BCUT2D eigenvalue weighted by atomic mass is 35.5. The predicted molar refractivity (Wildman–Crippen MR) is 67.0 cm³/mol. The highest BCUT2D eigenvalue weighted by molar-refractivity contribution is 7.89. The van der Waals surface area contributed by atoms with Crippen molar-refractivity contribution in [3.05, 3.63) is 11.5 Å².